The highest BCUT2D eigenvalue weighted by Gasteiger charge is 2.33. The molecule has 0 spiro atoms. The third kappa shape index (κ3) is 8.99. The zero-order valence-electron chi connectivity index (χ0n) is 27.7. The van der Waals surface area contributed by atoms with Gasteiger partial charge in [-0.3, -0.25) is 19.4 Å². The summed E-state index contributed by atoms with van der Waals surface area (Å²) in [5.74, 6) is 0.656. The molecule has 0 bridgehead atoms. The number of piperazine rings is 1. The van der Waals surface area contributed by atoms with Crippen LogP contribution in [0, 0.1) is 5.92 Å². The number of benzene rings is 1. The molecular formula is C34H42BrF3N6O3S. The Morgan fingerprint density at radius 2 is 1.90 bits per heavy atom. The number of aromatic nitrogens is 3. The highest BCUT2D eigenvalue weighted by atomic mass is 79.9. The van der Waals surface area contributed by atoms with Gasteiger partial charge in [-0.2, -0.15) is 13.2 Å². The second kappa shape index (κ2) is 15.7. The minimum atomic E-state index is -4.51. The van der Waals surface area contributed by atoms with Crippen LogP contribution in [-0.4, -0.2) is 87.9 Å². The zero-order chi connectivity index (χ0) is 34.6. The molecule has 2 fully saturated rings. The number of rotatable bonds is 12. The molecule has 5 rings (SSSR count). The number of ketones is 1. The van der Waals surface area contributed by atoms with E-state index in [9.17, 15) is 22.8 Å². The number of anilines is 1. The number of alkyl halides is 3. The van der Waals surface area contributed by atoms with Gasteiger partial charge in [-0.05, 0) is 57.4 Å². The molecule has 0 radical (unpaired) electrons. The molecule has 260 valence electrons. The quantitative estimate of drug-likeness (QED) is 0.145. The molecule has 2 saturated heterocycles. The summed E-state index contributed by atoms with van der Waals surface area (Å²) in [6.45, 7) is 12.9. The monoisotopic (exact) mass is 750 g/mol. The number of carbonyl (C=O) groups is 2. The van der Waals surface area contributed by atoms with Crippen molar-refractivity contribution < 1.29 is 27.5 Å². The normalized spacial score (nSPS) is 19.3. The van der Waals surface area contributed by atoms with Crippen LogP contribution in [0.1, 0.15) is 72.9 Å². The first kappa shape index (κ1) is 36.3. The molecule has 0 amide bonds. The van der Waals surface area contributed by atoms with Gasteiger partial charge < -0.3 is 9.64 Å². The van der Waals surface area contributed by atoms with Crippen LogP contribution in [0.25, 0.3) is 11.3 Å². The van der Waals surface area contributed by atoms with Crippen molar-refractivity contribution in [2.75, 3.05) is 44.2 Å². The van der Waals surface area contributed by atoms with Crippen molar-refractivity contribution in [3.8, 4) is 11.3 Å². The summed E-state index contributed by atoms with van der Waals surface area (Å²) in [5.41, 5.74) is 0.286. The fraction of sp³-hybridized carbons (Fsp3) is 0.559. The topological polar surface area (TPSA) is 91.8 Å². The van der Waals surface area contributed by atoms with Crippen LogP contribution in [0.4, 0.5) is 19.0 Å². The lowest BCUT2D eigenvalue weighted by molar-refractivity contribution is -0.143. The number of esters is 1. The summed E-state index contributed by atoms with van der Waals surface area (Å²) in [7, 11) is 0. The van der Waals surface area contributed by atoms with Gasteiger partial charge >= 0.3 is 12.1 Å². The van der Waals surface area contributed by atoms with Gasteiger partial charge in [-0.15, -0.1) is 11.3 Å². The first-order valence-electron chi connectivity index (χ1n) is 16.4. The summed E-state index contributed by atoms with van der Waals surface area (Å²) >= 11 is 4.62. The second-order valence-electron chi connectivity index (χ2n) is 12.8. The minimum Gasteiger partial charge on any atom is -0.466 e. The first-order chi connectivity index (χ1) is 22.8. The fourth-order valence-electron chi connectivity index (χ4n) is 6.55. The van der Waals surface area contributed by atoms with Crippen LogP contribution >= 0.6 is 27.3 Å². The largest absolute Gasteiger partial charge is 0.466 e. The number of hydrogen-bond donors (Lipinski definition) is 0. The molecule has 0 unspecified atom stereocenters. The third-order valence-electron chi connectivity index (χ3n) is 9.00. The number of halogens is 4. The highest BCUT2D eigenvalue weighted by Crippen LogP contribution is 2.38. The zero-order valence-corrected chi connectivity index (χ0v) is 30.1. The fourth-order valence-corrected chi connectivity index (χ4v) is 8.15. The molecule has 0 aliphatic carbocycles. The number of carbonyl (C=O) groups excluding carboxylic acids is 2. The van der Waals surface area contributed by atoms with Gasteiger partial charge in [0.05, 0.1) is 43.1 Å². The Labute approximate surface area is 292 Å². The Bertz CT molecular complexity index is 1580. The third-order valence-corrected chi connectivity index (χ3v) is 10.5. The molecular weight excluding hydrogens is 709 g/mol. The Hall–Kier alpha value is -2.94. The number of ether oxygens (including phenoxy) is 1. The number of thiazole rings is 1. The van der Waals surface area contributed by atoms with Gasteiger partial charge in [0.25, 0.3) is 0 Å². The lowest BCUT2D eigenvalue weighted by Crippen LogP contribution is -2.52. The molecule has 2 aliphatic rings. The van der Waals surface area contributed by atoms with E-state index in [1.807, 2.05) is 0 Å². The van der Waals surface area contributed by atoms with Gasteiger partial charge in [-0.1, -0.05) is 29.8 Å². The molecule has 2 atom stereocenters. The first-order valence-corrected chi connectivity index (χ1v) is 18.0. The van der Waals surface area contributed by atoms with Crippen molar-refractivity contribution in [1.82, 2.24) is 24.8 Å². The van der Waals surface area contributed by atoms with Crippen molar-refractivity contribution in [3.05, 3.63) is 56.2 Å². The Morgan fingerprint density at radius 1 is 1.10 bits per heavy atom. The van der Waals surface area contributed by atoms with E-state index in [2.05, 4.69) is 61.4 Å². The molecule has 2 aliphatic heterocycles. The van der Waals surface area contributed by atoms with Crippen LogP contribution < -0.4 is 4.90 Å². The minimum absolute atomic E-state index is 0.0321. The Kier molecular flexibility index (Phi) is 11.9. The summed E-state index contributed by atoms with van der Waals surface area (Å²) in [4.78, 5) is 46.5. The van der Waals surface area contributed by atoms with E-state index in [-0.39, 0.29) is 29.9 Å². The number of Topliss-reactive ketones (excluding diaryl/α,β-unsaturated/α-hetero) is 1. The molecule has 3 aromatic rings. The highest BCUT2D eigenvalue weighted by molar-refractivity contribution is 9.10. The van der Waals surface area contributed by atoms with Crippen LogP contribution in [-0.2, 0) is 28.7 Å². The van der Waals surface area contributed by atoms with Gasteiger partial charge in [0, 0.05) is 59.7 Å². The van der Waals surface area contributed by atoms with E-state index in [4.69, 9.17) is 9.72 Å². The summed E-state index contributed by atoms with van der Waals surface area (Å²) in [5, 5.41) is 0.525. The van der Waals surface area contributed by atoms with Gasteiger partial charge in [-0.25, -0.2) is 15.0 Å². The number of likely N-dealkylation sites (tertiary alicyclic amines) is 1. The summed E-state index contributed by atoms with van der Waals surface area (Å²) < 4.78 is 46.6. The molecule has 1 aromatic carbocycles. The van der Waals surface area contributed by atoms with Crippen LogP contribution in [0.5, 0.6) is 0 Å². The van der Waals surface area contributed by atoms with Crippen LogP contribution in [0.15, 0.2) is 35.1 Å². The lowest BCUT2D eigenvalue weighted by atomic mass is 10.0. The van der Waals surface area contributed by atoms with E-state index in [0.717, 1.165) is 42.9 Å². The van der Waals surface area contributed by atoms with Crippen molar-refractivity contribution >= 4 is 44.8 Å². The molecule has 2 aromatic heterocycles. The van der Waals surface area contributed by atoms with E-state index < -0.39 is 11.7 Å². The van der Waals surface area contributed by atoms with Crippen LogP contribution in [0.2, 0.25) is 0 Å². The molecule has 0 N–H and O–H groups in total. The molecule has 9 nitrogen and oxygen atoms in total. The maximum absolute atomic E-state index is 13.7. The van der Waals surface area contributed by atoms with Crippen LogP contribution in [0.3, 0.4) is 0 Å². The van der Waals surface area contributed by atoms with Crippen molar-refractivity contribution in [3.63, 3.8) is 0 Å². The molecule has 0 saturated carbocycles. The van der Waals surface area contributed by atoms with Crippen molar-refractivity contribution in [1.29, 1.82) is 0 Å². The van der Waals surface area contributed by atoms with E-state index in [0.29, 0.717) is 77.7 Å². The van der Waals surface area contributed by atoms with Gasteiger partial charge in [0.1, 0.15) is 16.5 Å². The predicted molar refractivity (Wildman–Crippen MR) is 183 cm³/mol. The van der Waals surface area contributed by atoms with Gasteiger partial charge in [0.15, 0.2) is 5.78 Å². The lowest BCUT2D eigenvalue weighted by Gasteiger charge is -2.40. The average Bonchev–Trinajstić information content (AvgIpc) is 3.67. The summed E-state index contributed by atoms with van der Waals surface area (Å²) in [6.07, 6.45) is 1.03. The molecule has 48 heavy (non-hydrogen) atoms. The van der Waals surface area contributed by atoms with E-state index in [1.165, 1.54) is 17.5 Å². The van der Waals surface area contributed by atoms with E-state index >= 15 is 0 Å². The van der Waals surface area contributed by atoms with Gasteiger partial charge in [0.2, 0.25) is 0 Å². The Balaban J connectivity index is 1.30. The SMILES string of the molecule is CCOC(=O)CCN1CCN(c2cnc(C(=O)Cc3nc(-c4cc(Br)cc(C(F)(F)F)c4)c(CN4CCC[C@H]4C(C)C)s3)cn2)C[C@@H]1C. The maximum Gasteiger partial charge on any atom is 0.416 e. The standard InChI is InChI=1S/C34H42BrF3N6O3S/c1-5-47-32(46)8-10-42-11-12-44(19-22(42)4)30-18-39-26(17-40-30)28(45)16-31-41-33(23-13-24(34(36,37)38)15-25(35)14-23)29(48-31)20-43-9-6-7-27(43)21(2)3/h13-15,17-18,21-22,27H,5-12,16,19-20H2,1-4H3/t22-,27-/m0/s1. The molecule has 14 heteroatoms. The number of hydrogen-bond acceptors (Lipinski definition) is 10. The summed E-state index contributed by atoms with van der Waals surface area (Å²) in [6, 6.07) is 4.41. The predicted octanol–water partition coefficient (Wildman–Crippen LogP) is 6.89. The number of nitrogens with zero attached hydrogens (tertiary/aromatic N) is 6. The smallest absolute Gasteiger partial charge is 0.416 e. The van der Waals surface area contributed by atoms with Crippen molar-refractivity contribution in [2.24, 2.45) is 5.92 Å². The second-order valence-corrected chi connectivity index (χ2v) is 14.9. The maximum atomic E-state index is 13.7. The Morgan fingerprint density at radius 3 is 2.56 bits per heavy atom. The van der Waals surface area contributed by atoms with Crippen molar-refractivity contribution in [2.45, 2.75) is 78.2 Å². The van der Waals surface area contributed by atoms with E-state index in [1.54, 1.807) is 19.2 Å². The molecule has 4 heterocycles. The average molecular weight is 752 g/mol.